The molecule has 1 unspecified atom stereocenters. The molecule has 1 atom stereocenters. The Bertz CT molecular complexity index is 699. The second kappa shape index (κ2) is 6.15. The Balaban J connectivity index is 2.01. The van der Waals surface area contributed by atoms with Crippen LogP contribution < -0.4 is 0 Å². The Hall–Kier alpha value is -1.77. The smallest absolute Gasteiger partial charge is 0.308 e. The molecule has 3 heteroatoms. The molecule has 1 aromatic carbocycles. The summed E-state index contributed by atoms with van der Waals surface area (Å²) in [5, 5.41) is 1.29. The van der Waals surface area contributed by atoms with Crippen molar-refractivity contribution < 1.29 is 9.53 Å². The lowest BCUT2D eigenvalue weighted by atomic mass is 9.95. The number of H-pyrrole nitrogens is 1. The molecule has 1 N–H and O–H groups in total. The van der Waals surface area contributed by atoms with Gasteiger partial charge in [-0.25, -0.2) is 0 Å². The molecule has 3 rings (SSSR count). The molecule has 0 spiro atoms. The minimum Gasteiger partial charge on any atom is -0.469 e. The van der Waals surface area contributed by atoms with Gasteiger partial charge in [-0.15, -0.1) is 0 Å². The SMILES string of the molecule is COC(=O)C(C)Cc1c(C)[nH]c2cc3c(cc12)CCCCC3. The Labute approximate surface area is 132 Å². The van der Waals surface area contributed by atoms with Gasteiger partial charge in [0, 0.05) is 16.6 Å². The van der Waals surface area contributed by atoms with Gasteiger partial charge in [-0.1, -0.05) is 13.3 Å². The third-order valence-electron chi connectivity index (χ3n) is 4.95. The number of esters is 1. The number of aromatic nitrogens is 1. The quantitative estimate of drug-likeness (QED) is 0.685. The first-order valence-electron chi connectivity index (χ1n) is 8.31. The van der Waals surface area contributed by atoms with Gasteiger partial charge in [0.05, 0.1) is 13.0 Å². The zero-order valence-electron chi connectivity index (χ0n) is 13.8. The van der Waals surface area contributed by atoms with E-state index in [9.17, 15) is 4.79 Å². The molecule has 0 aliphatic heterocycles. The number of carbonyl (C=O) groups is 1. The number of ether oxygens (including phenoxy) is 1. The number of aryl methyl sites for hydroxylation is 3. The average Bonchev–Trinajstić information content (AvgIpc) is 2.68. The van der Waals surface area contributed by atoms with Crippen LogP contribution in [-0.2, 0) is 28.8 Å². The van der Waals surface area contributed by atoms with E-state index < -0.39 is 0 Å². The first kappa shape index (κ1) is 15.1. The van der Waals surface area contributed by atoms with Crippen molar-refractivity contribution in [1.29, 1.82) is 0 Å². The minimum absolute atomic E-state index is 0.110. The predicted octanol–water partition coefficient (Wildman–Crippen LogP) is 4.10. The van der Waals surface area contributed by atoms with E-state index in [1.807, 2.05) is 6.92 Å². The highest BCUT2D eigenvalue weighted by atomic mass is 16.5. The summed E-state index contributed by atoms with van der Waals surface area (Å²) in [5.74, 6) is -0.245. The summed E-state index contributed by atoms with van der Waals surface area (Å²) in [6.07, 6.45) is 7.02. The van der Waals surface area contributed by atoms with Crippen LogP contribution in [0.2, 0.25) is 0 Å². The highest BCUT2D eigenvalue weighted by Gasteiger charge is 2.19. The molecule has 118 valence electrons. The monoisotopic (exact) mass is 299 g/mol. The first-order valence-corrected chi connectivity index (χ1v) is 8.31. The lowest BCUT2D eigenvalue weighted by molar-refractivity contribution is -0.144. The van der Waals surface area contributed by atoms with Crippen LogP contribution in [0, 0.1) is 12.8 Å². The van der Waals surface area contributed by atoms with Crippen LogP contribution in [-0.4, -0.2) is 18.1 Å². The molecule has 1 aromatic heterocycles. The van der Waals surface area contributed by atoms with Crippen molar-refractivity contribution in [3.63, 3.8) is 0 Å². The number of carbonyl (C=O) groups excluding carboxylic acids is 1. The standard InChI is InChI=1S/C19H25NO2/c1-12(19(21)22-3)9-16-13(2)20-18-11-15-8-6-4-5-7-14(15)10-17(16)18/h10-12,20H,4-9H2,1-3H3. The second-order valence-corrected chi connectivity index (χ2v) is 6.58. The van der Waals surface area contributed by atoms with Crippen molar-refractivity contribution >= 4 is 16.9 Å². The van der Waals surface area contributed by atoms with E-state index in [-0.39, 0.29) is 11.9 Å². The number of fused-ring (bicyclic) bond motifs is 2. The molecule has 1 aliphatic carbocycles. The lowest BCUT2D eigenvalue weighted by Gasteiger charge is -2.10. The Kier molecular flexibility index (Phi) is 4.23. The van der Waals surface area contributed by atoms with Crippen molar-refractivity contribution in [3.8, 4) is 0 Å². The van der Waals surface area contributed by atoms with Gasteiger partial charge in [0.25, 0.3) is 0 Å². The Morgan fingerprint density at radius 2 is 1.91 bits per heavy atom. The van der Waals surface area contributed by atoms with Crippen LogP contribution in [0.15, 0.2) is 12.1 Å². The van der Waals surface area contributed by atoms with Crippen molar-refractivity contribution in [2.45, 2.75) is 52.4 Å². The summed E-state index contributed by atoms with van der Waals surface area (Å²) in [6.45, 7) is 4.04. The number of aromatic amines is 1. The molecule has 0 radical (unpaired) electrons. The normalized spacial score (nSPS) is 16.1. The van der Waals surface area contributed by atoms with Gasteiger partial charge >= 0.3 is 5.97 Å². The highest BCUT2D eigenvalue weighted by molar-refractivity contribution is 5.87. The third kappa shape index (κ3) is 2.77. The van der Waals surface area contributed by atoms with Gasteiger partial charge in [-0.2, -0.15) is 0 Å². The Morgan fingerprint density at radius 3 is 2.59 bits per heavy atom. The molecule has 0 saturated carbocycles. The van der Waals surface area contributed by atoms with Gasteiger partial charge in [0.2, 0.25) is 0 Å². The van der Waals surface area contributed by atoms with Crippen LogP contribution in [0.25, 0.3) is 10.9 Å². The van der Waals surface area contributed by atoms with E-state index >= 15 is 0 Å². The summed E-state index contributed by atoms with van der Waals surface area (Å²) in [7, 11) is 1.46. The fourth-order valence-electron chi connectivity index (χ4n) is 3.65. The van der Waals surface area contributed by atoms with E-state index in [0.717, 1.165) is 6.42 Å². The molecule has 1 heterocycles. The number of methoxy groups -OCH3 is 1. The zero-order chi connectivity index (χ0) is 15.7. The number of benzene rings is 1. The van der Waals surface area contributed by atoms with Crippen molar-refractivity contribution in [2.75, 3.05) is 7.11 Å². The van der Waals surface area contributed by atoms with E-state index in [1.165, 1.54) is 72.5 Å². The van der Waals surface area contributed by atoms with Crippen LogP contribution >= 0.6 is 0 Å². The van der Waals surface area contributed by atoms with E-state index in [2.05, 4.69) is 24.0 Å². The van der Waals surface area contributed by atoms with Gasteiger partial charge < -0.3 is 9.72 Å². The Morgan fingerprint density at radius 1 is 1.23 bits per heavy atom. The molecular formula is C19H25NO2. The zero-order valence-corrected chi connectivity index (χ0v) is 13.8. The maximum atomic E-state index is 11.7. The number of rotatable bonds is 3. The molecule has 3 nitrogen and oxygen atoms in total. The van der Waals surface area contributed by atoms with Gasteiger partial charge in [-0.05, 0) is 67.9 Å². The molecule has 2 aromatic rings. The van der Waals surface area contributed by atoms with Gasteiger partial charge in [-0.3, -0.25) is 4.79 Å². The molecular weight excluding hydrogens is 274 g/mol. The maximum absolute atomic E-state index is 11.7. The summed E-state index contributed by atoms with van der Waals surface area (Å²) in [6, 6.07) is 4.69. The van der Waals surface area contributed by atoms with Crippen LogP contribution in [0.4, 0.5) is 0 Å². The van der Waals surface area contributed by atoms with Crippen molar-refractivity contribution in [1.82, 2.24) is 4.98 Å². The molecule has 0 fully saturated rings. The molecule has 0 bridgehead atoms. The third-order valence-corrected chi connectivity index (χ3v) is 4.95. The topological polar surface area (TPSA) is 42.1 Å². The van der Waals surface area contributed by atoms with Gasteiger partial charge in [0.1, 0.15) is 0 Å². The predicted molar refractivity (Wildman–Crippen MR) is 89.2 cm³/mol. The van der Waals surface area contributed by atoms with Gasteiger partial charge in [0.15, 0.2) is 0 Å². The molecule has 1 aliphatic rings. The van der Waals surface area contributed by atoms with Crippen LogP contribution in [0.3, 0.4) is 0 Å². The highest BCUT2D eigenvalue weighted by Crippen LogP contribution is 2.30. The maximum Gasteiger partial charge on any atom is 0.308 e. The number of hydrogen-bond acceptors (Lipinski definition) is 2. The fraction of sp³-hybridized carbons (Fsp3) is 0.526. The summed E-state index contributed by atoms with van der Waals surface area (Å²) < 4.78 is 4.87. The van der Waals surface area contributed by atoms with Crippen molar-refractivity contribution in [3.05, 3.63) is 34.5 Å². The van der Waals surface area contributed by atoms with E-state index in [1.54, 1.807) is 0 Å². The summed E-state index contributed by atoms with van der Waals surface area (Å²) in [4.78, 5) is 15.2. The first-order chi connectivity index (χ1) is 10.6. The average molecular weight is 299 g/mol. The summed E-state index contributed by atoms with van der Waals surface area (Å²) >= 11 is 0. The number of nitrogens with one attached hydrogen (secondary N) is 1. The molecule has 0 saturated heterocycles. The van der Waals surface area contributed by atoms with E-state index in [0.29, 0.717) is 0 Å². The molecule has 22 heavy (non-hydrogen) atoms. The summed E-state index contributed by atoms with van der Waals surface area (Å²) in [5.41, 5.74) is 6.64. The minimum atomic E-state index is -0.136. The largest absolute Gasteiger partial charge is 0.469 e. The van der Waals surface area contributed by atoms with E-state index in [4.69, 9.17) is 4.74 Å². The lowest BCUT2D eigenvalue weighted by Crippen LogP contribution is -2.15. The van der Waals surface area contributed by atoms with Crippen LogP contribution in [0.1, 0.15) is 48.6 Å². The number of hydrogen-bond donors (Lipinski definition) is 1. The second-order valence-electron chi connectivity index (χ2n) is 6.58. The van der Waals surface area contributed by atoms with Crippen LogP contribution in [0.5, 0.6) is 0 Å². The fourth-order valence-corrected chi connectivity index (χ4v) is 3.65. The van der Waals surface area contributed by atoms with Crippen molar-refractivity contribution in [2.24, 2.45) is 5.92 Å². The molecule has 0 amide bonds.